The van der Waals surface area contributed by atoms with E-state index in [1.165, 1.54) is 23.4 Å². The van der Waals surface area contributed by atoms with E-state index in [-0.39, 0.29) is 5.75 Å². The highest BCUT2D eigenvalue weighted by Gasteiger charge is 2.13. The molecule has 0 bridgehead atoms. The molecule has 0 aliphatic rings. The summed E-state index contributed by atoms with van der Waals surface area (Å²) in [4.78, 5) is 11.4. The molecule has 3 aromatic rings. The molecule has 24 heavy (non-hydrogen) atoms. The van der Waals surface area contributed by atoms with Crippen LogP contribution in [0.1, 0.15) is 24.1 Å². The second kappa shape index (κ2) is 7.35. The minimum Gasteiger partial charge on any atom is -0.502 e. The summed E-state index contributed by atoms with van der Waals surface area (Å²) >= 11 is 1.45. The van der Waals surface area contributed by atoms with Crippen molar-refractivity contribution in [2.45, 2.75) is 30.8 Å². The van der Waals surface area contributed by atoms with Gasteiger partial charge in [0.05, 0.1) is 5.75 Å². The van der Waals surface area contributed by atoms with Gasteiger partial charge in [0.25, 0.3) is 0 Å². The maximum absolute atomic E-state index is 11.4. The molecule has 3 rings (SSSR count). The molecule has 0 aliphatic carbocycles. The first-order chi connectivity index (χ1) is 11.7. The monoisotopic (exact) mass is 343 g/mol. The first-order valence-corrected chi connectivity index (χ1v) is 8.55. The van der Waals surface area contributed by atoms with E-state index >= 15 is 0 Å². The predicted molar refractivity (Wildman–Crippen MR) is 91.1 cm³/mol. The van der Waals surface area contributed by atoms with Crippen LogP contribution in [0.3, 0.4) is 0 Å². The van der Waals surface area contributed by atoms with E-state index in [0.717, 1.165) is 30.2 Å². The summed E-state index contributed by atoms with van der Waals surface area (Å²) in [6, 6.07) is 11.4. The van der Waals surface area contributed by atoms with Crippen molar-refractivity contribution in [1.29, 1.82) is 0 Å². The third kappa shape index (κ3) is 3.68. The molecule has 0 atom stereocenters. The van der Waals surface area contributed by atoms with Crippen molar-refractivity contribution in [2.75, 3.05) is 0 Å². The smallest absolute Gasteiger partial charge is 0.226 e. The Hall–Kier alpha value is -2.54. The van der Waals surface area contributed by atoms with E-state index in [2.05, 4.69) is 26.9 Å². The second-order valence-corrected chi connectivity index (χ2v) is 6.13. The van der Waals surface area contributed by atoms with E-state index in [1.807, 2.05) is 25.1 Å². The van der Waals surface area contributed by atoms with Crippen molar-refractivity contribution < 1.29 is 9.52 Å². The summed E-state index contributed by atoms with van der Waals surface area (Å²) < 4.78 is 7.26. The van der Waals surface area contributed by atoms with Crippen LogP contribution >= 0.6 is 11.8 Å². The van der Waals surface area contributed by atoms with Gasteiger partial charge in [0.2, 0.25) is 5.43 Å². The average Bonchev–Trinajstić information content (AvgIpc) is 2.98. The van der Waals surface area contributed by atoms with Crippen LogP contribution in [-0.2, 0) is 18.7 Å². The van der Waals surface area contributed by atoms with Crippen molar-refractivity contribution in [2.24, 2.45) is 0 Å². The molecule has 0 fully saturated rings. The van der Waals surface area contributed by atoms with E-state index in [4.69, 9.17) is 4.42 Å². The summed E-state index contributed by atoms with van der Waals surface area (Å²) in [6.45, 7) is 2.81. The molecule has 0 saturated carbocycles. The number of hydrogen-bond donors (Lipinski definition) is 1. The molecule has 0 unspecified atom stereocenters. The SMILES string of the molecule is CCn1c(Cc2ccccc2)nnc1SCc1cc(=O)c(O)co1. The van der Waals surface area contributed by atoms with Crippen LogP contribution < -0.4 is 5.43 Å². The van der Waals surface area contributed by atoms with Gasteiger partial charge in [-0.2, -0.15) is 0 Å². The summed E-state index contributed by atoms with van der Waals surface area (Å²) in [7, 11) is 0. The number of benzene rings is 1. The van der Waals surface area contributed by atoms with Crippen LogP contribution in [0.5, 0.6) is 5.75 Å². The number of hydrogen-bond acceptors (Lipinski definition) is 6. The zero-order chi connectivity index (χ0) is 16.9. The number of thioether (sulfide) groups is 1. The van der Waals surface area contributed by atoms with Crippen LogP contribution in [0.25, 0.3) is 0 Å². The van der Waals surface area contributed by atoms with E-state index in [9.17, 15) is 9.90 Å². The van der Waals surface area contributed by atoms with Crippen LogP contribution in [0.15, 0.2) is 57.0 Å². The molecule has 7 heteroatoms. The minimum atomic E-state index is -0.446. The van der Waals surface area contributed by atoms with Gasteiger partial charge in [0, 0.05) is 19.0 Å². The molecule has 0 aliphatic heterocycles. The summed E-state index contributed by atoms with van der Waals surface area (Å²) in [5, 5.41) is 18.5. The molecule has 6 nitrogen and oxygen atoms in total. The fraction of sp³-hybridized carbons (Fsp3) is 0.235. The van der Waals surface area contributed by atoms with Gasteiger partial charge in [0.1, 0.15) is 17.8 Å². The summed E-state index contributed by atoms with van der Waals surface area (Å²) in [6.07, 6.45) is 1.78. The zero-order valence-electron chi connectivity index (χ0n) is 13.2. The number of aromatic nitrogens is 3. The molecule has 0 radical (unpaired) electrons. The van der Waals surface area contributed by atoms with Crippen LogP contribution in [0, 0.1) is 0 Å². The van der Waals surface area contributed by atoms with Crippen LogP contribution in [-0.4, -0.2) is 19.9 Å². The predicted octanol–water partition coefficient (Wildman–Crippen LogP) is 2.84. The van der Waals surface area contributed by atoms with Gasteiger partial charge in [-0.15, -0.1) is 10.2 Å². The van der Waals surface area contributed by atoms with Crippen molar-refractivity contribution in [3.63, 3.8) is 0 Å². The number of nitrogens with zero attached hydrogens (tertiary/aromatic N) is 3. The Morgan fingerprint density at radius 2 is 2.04 bits per heavy atom. The lowest BCUT2D eigenvalue weighted by atomic mass is 10.1. The number of rotatable bonds is 6. The maximum Gasteiger partial charge on any atom is 0.226 e. The molecule has 1 N–H and O–H groups in total. The van der Waals surface area contributed by atoms with Gasteiger partial charge in [-0.25, -0.2) is 0 Å². The molecule has 2 heterocycles. The Morgan fingerprint density at radius 1 is 1.25 bits per heavy atom. The minimum absolute atomic E-state index is 0.384. The Balaban J connectivity index is 1.74. The van der Waals surface area contributed by atoms with Gasteiger partial charge >= 0.3 is 0 Å². The Bertz CT molecular complexity index is 874. The summed E-state index contributed by atoms with van der Waals surface area (Å²) in [5.74, 6) is 1.45. The fourth-order valence-corrected chi connectivity index (χ4v) is 3.22. The molecule has 0 saturated heterocycles. The first kappa shape index (κ1) is 16.3. The van der Waals surface area contributed by atoms with Gasteiger partial charge in [0.15, 0.2) is 10.9 Å². The Morgan fingerprint density at radius 3 is 2.75 bits per heavy atom. The fourth-order valence-electron chi connectivity index (χ4n) is 2.31. The first-order valence-electron chi connectivity index (χ1n) is 7.57. The Labute approximate surface area is 143 Å². The topological polar surface area (TPSA) is 81.2 Å². The standard InChI is InChI=1S/C17H17N3O3S/c1-2-20-16(8-12-6-4-3-5-7-12)18-19-17(20)24-11-13-9-14(21)15(22)10-23-13/h3-7,9-10,22H,2,8,11H2,1H3. The zero-order valence-corrected chi connectivity index (χ0v) is 14.0. The third-order valence-electron chi connectivity index (χ3n) is 3.52. The van der Waals surface area contributed by atoms with Crippen LogP contribution in [0.2, 0.25) is 0 Å². The van der Waals surface area contributed by atoms with Crippen LogP contribution in [0.4, 0.5) is 0 Å². The number of aromatic hydroxyl groups is 1. The van der Waals surface area contributed by atoms with Gasteiger partial charge in [-0.1, -0.05) is 42.1 Å². The molecular weight excluding hydrogens is 326 g/mol. The highest BCUT2D eigenvalue weighted by molar-refractivity contribution is 7.98. The molecule has 0 spiro atoms. The van der Waals surface area contributed by atoms with E-state index in [1.54, 1.807) is 0 Å². The average molecular weight is 343 g/mol. The van der Waals surface area contributed by atoms with E-state index in [0.29, 0.717) is 11.5 Å². The lowest BCUT2D eigenvalue weighted by Gasteiger charge is -2.07. The van der Waals surface area contributed by atoms with Crippen molar-refractivity contribution in [3.05, 3.63) is 70.0 Å². The Kier molecular flexibility index (Phi) is 5.00. The highest BCUT2D eigenvalue weighted by Crippen LogP contribution is 2.23. The lowest BCUT2D eigenvalue weighted by Crippen LogP contribution is -2.04. The quantitative estimate of drug-likeness (QED) is 0.693. The van der Waals surface area contributed by atoms with Gasteiger partial charge in [-0.3, -0.25) is 4.79 Å². The van der Waals surface area contributed by atoms with E-state index < -0.39 is 5.43 Å². The molecule has 1 aromatic carbocycles. The maximum atomic E-state index is 11.4. The third-order valence-corrected chi connectivity index (χ3v) is 4.51. The summed E-state index contributed by atoms with van der Waals surface area (Å²) in [5.41, 5.74) is 0.735. The van der Waals surface area contributed by atoms with Gasteiger partial charge in [-0.05, 0) is 12.5 Å². The molecule has 0 amide bonds. The lowest BCUT2D eigenvalue weighted by molar-refractivity contribution is 0.419. The second-order valence-electron chi connectivity index (χ2n) is 5.19. The van der Waals surface area contributed by atoms with Crippen molar-refractivity contribution >= 4 is 11.8 Å². The van der Waals surface area contributed by atoms with Gasteiger partial charge < -0.3 is 14.1 Å². The molecule has 2 aromatic heterocycles. The van der Waals surface area contributed by atoms with Crippen molar-refractivity contribution in [1.82, 2.24) is 14.8 Å². The molecular formula is C17H17N3O3S. The van der Waals surface area contributed by atoms with Crippen molar-refractivity contribution in [3.8, 4) is 5.75 Å². The highest BCUT2D eigenvalue weighted by atomic mass is 32.2. The molecule has 124 valence electrons. The normalized spacial score (nSPS) is 10.9. The largest absolute Gasteiger partial charge is 0.502 e.